The second-order valence-electron chi connectivity index (χ2n) is 4.11. The van der Waals surface area contributed by atoms with Gasteiger partial charge in [-0.1, -0.05) is 23.7 Å². The number of halogens is 4. The van der Waals surface area contributed by atoms with E-state index in [0.29, 0.717) is 0 Å². The maximum absolute atomic E-state index is 13.5. The zero-order valence-corrected chi connectivity index (χ0v) is 11.5. The first-order valence-corrected chi connectivity index (χ1v) is 6.34. The minimum atomic E-state index is -4.02. The predicted octanol–water partition coefficient (Wildman–Crippen LogP) is 2.97. The van der Waals surface area contributed by atoms with Gasteiger partial charge in [-0.3, -0.25) is 0 Å². The topological polar surface area (TPSA) is 46.5 Å². The number of hydrogen-bond donors (Lipinski definition) is 1. The molecule has 0 bridgehead atoms. The fourth-order valence-corrected chi connectivity index (χ4v) is 1.77. The van der Waals surface area contributed by atoms with Crippen molar-refractivity contribution >= 4 is 17.6 Å². The molecule has 0 spiro atoms. The summed E-state index contributed by atoms with van der Waals surface area (Å²) >= 11 is 5.55. The van der Waals surface area contributed by atoms with Gasteiger partial charge >= 0.3 is 11.9 Å². The molecule has 1 aromatic rings. The van der Waals surface area contributed by atoms with Crippen molar-refractivity contribution in [1.29, 1.82) is 0 Å². The summed E-state index contributed by atoms with van der Waals surface area (Å²) in [6, 6.07) is 4.16. The Morgan fingerprint density at radius 3 is 2.75 bits per heavy atom. The van der Waals surface area contributed by atoms with Gasteiger partial charge in [-0.15, -0.1) is 0 Å². The average Bonchev–Trinajstić information content (AvgIpc) is 2.40. The van der Waals surface area contributed by atoms with Crippen LogP contribution in [0.5, 0.6) is 0 Å². The van der Waals surface area contributed by atoms with E-state index in [9.17, 15) is 23.1 Å². The number of aryl methyl sites for hydroxylation is 1. The van der Waals surface area contributed by atoms with Gasteiger partial charge in [0, 0.05) is 0 Å². The van der Waals surface area contributed by atoms with E-state index in [2.05, 4.69) is 4.74 Å². The maximum Gasteiger partial charge on any atom is 0.379 e. The van der Waals surface area contributed by atoms with Gasteiger partial charge in [0.15, 0.2) is 0 Å². The van der Waals surface area contributed by atoms with Gasteiger partial charge in [0.2, 0.25) is 0 Å². The lowest BCUT2D eigenvalue weighted by Crippen LogP contribution is -2.43. The molecule has 0 saturated heterocycles. The van der Waals surface area contributed by atoms with Crippen LogP contribution in [0.25, 0.3) is 0 Å². The Morgan fingerprint density at radius 1 is 1.50 bits per heavy atom. The van der Waals surface area contributed by atoms with Gasteiger partial charge in [-0.05, 0) is 31.4 Å². The zero-order chi connectivity index (χ0) is 15.3. The van der Waals surface area contributed by atoms with Crippen LogP contribution in [0.3, 0.4) is 0 Å². The molecule has 0 aliphatic rings. The molecular weight excluding hydrogens is 297 g/mol. The lowest BCUT2D eigenvalue weighted by Gasteiger charge is -2.20. The number of benzene rings is 1. The summed E-state index contributed by atoms with van der Waals surface area (Å²) in [4.78, 5) is 11.0. The molecule has 1 atom stereocenters. The summed E-state index contributed by atoms with van der Waals surface area (Å²) in [5, 5.41) is 9.26. The van der Waals surface area contributed by atoms with Crippen LogP contribution in [0.2, 0.25) is 5.02 Å². The summed E-state index contributed by atoms with van der Waals surface area (Å²) in [6.45, 7) is 1.16. The molecule has 1 unspecified atom stereocenters. The van der Waals surface area contributed by atoms with Gasteiger partial charge in [-0.25, -0.2) is 9.18 Å². The van der Waals surface area contributed by atoms with Crippen molar-refractivity contribution in [1.82, 2.24) is 0 Å². The first-order chi connectivity index (χ1) is 9.30. The number of aliphatic hydroxyl groups excluding tert-OH is 1. The smallest absolute Gasteiger partial charge is 0.379 e. The summed E-state index contributed by atoms with van der Waals surface area (Å²) in [7, 11) is 0. The lowest BCUT2D eigenvalue weighted by atomic mass is 10.0. The number of rotatable bonds is 6. The molecular formula is C13H14ClF3O3. The van der Waals surface area contributed by atoms with Crippen LogP contribution in [0, 0.1) is 5.82 Å². The van der Waals surface area contributed by atoms with Crippen LogP contribution >= 0.6 is 11.6 Å². The lowest BCUT2D eigenvalue weighted by molar-refractivity contribution is -0.188. The minimum Gasteiger partial charge on any atom is -0.461 e. The molecule has 1 rings (SSSR count). The standard InChI is InChI=1S/C13H14ClF3O3/c1-2-20-12(19)13(16,17)10(18)7-6-8-4-3-5-9(14)11(8)15/h3-5,10,18H,2,6-7H2,1H3. The molecule has 3 nitrogen and oxygen atoms in total. The highest BCUT2D eigenvalue weighted by molar-refractivity contribution is 6.30. The van der Waals surface area contributed by atoms with Crippen LogP contribution in [0.1, 0.15) is 18.9 Å². The predicted molar refractivity (Wildman–Crippen MR) is 67.3 cm³/mol. The van der Waals surface area contributed by atoms with Crippen LogP contribution in [-0.2, 0) is 16.0 Å². The number of ether oxygens (including phenoxy) is 1. The van der Waals surface area contributed by atoms with E-state index < -0.39 is 30.2 Å². The molecule has 112 valence electrons. The number of alkyl halides is 2. The van der Waals surface area contributed by atoms with Gasteiger partial charge < -0.3 is 9.84 Å². The summed E-state index contributed by atoms with van der Waals surface area (Å²) in [5.41, 5.74) is 0.0937. The van der Waals surface area contributed by atoms with E-state index in [-0.39, 0.29) is 23.6 Å². The highest BCUT2D eigenvalue weighted by atomic mass is 35.5. The number of aliphatic hydroxyl groups is 1. The fraction of sp³-hybridized carbons (Fsp3) is 0.462. The molecule has 0 aliphatic carbocycles. The van der Waals surface area contributed by atoms with Crippen molar-refractivity contribution in [3.63, 3.8) is 0 Å². The maximum atomic E-state index is 13.5. The molecule has 0 saturated carbocycles. The van der Waals surface area contributed by atoms with Crippen molar-refractivity contribution in [2.45, 2.75) is 31.8 Å². The van der Waals surface area contributed by atoms with E-state index >= 15 is 0 Å². The normalized spacial score (nSPS) is 13.1. The summed E-state index contributed by atoms with van der Waals surface area (Å²) in [5.74, 6) is -6.54. The molecule has 0 fully saturated rings. The van der Waals surface area contributed by atoms with E-state index in [0.717, 1.165) is 0 Å². The van der Waals surface area contributed by atoms with E-state index in [1.807, 2.05) is 0 Å². The molecule has 1 N–H and O–H groups in total. The Balaban J connectivity index is 2.69. The summed E-state index contributed by atoms with van der Waals surface area (Å²) in [6.07, 6.45) is -2.93. The molecule has 0 aliphatic heterocycles. The zero-order valence-electron chi connectivity index (χ0n) is 10.7. The SMILES string of the molecule is CCOC(=O)C(F)(F)C(O)CCc1cccc(Cl)c1F. The molecule has 20 heavy (non-hydrogen) atoms. The van der Waals surface area contributed by atoms with Gasteiger partial charge in [0.25, 0.3) is 0 Å². The second-order valence-corrected chi connectivity index (χ2v) is 4.52. The van der Waals surface area contributed by atoms with E-state index in [1.165, 1.54) is 25.1 Å². The Morgan fingerprint density at radius 2 is 2.15 bits per heavy atom. The third kappa shape index (κ3) is 3.86. The van der Waals surface area contributed by atoms with E-state index in [1.54, 1.807) is 0 Å². The van der Waals surface area contributed by atoms with Crippen LogP contribution in [-0.4, -0.2) is 29.7 Å². The van der Waals surface area contributed by atoms with Gasteiger partial charge in [0.05, 0.1) is 11.6 Å². The Kier molecular flexibility index (Phi) is 5.83. The molecule has 7 heteroatoms. The highest BCUT2D eigenvalue weighted by Gasteiger charge is 2.47. The first kappa shape index (κ1) is 16.8. The van der Waals surface area contributed by atoms with Crippen molar-refractivity contribution < 1.29 is 27.8 Å². The van der Waals surface area contributed by atoms with Crippen LogP contribution in [0.4, 0.5) is 13.2 Å². The Labute approximate surface area is 119 Å². The molecule has 0 heterocycles. The molecule has 0 radical (unpaired) electrons. The highest BCUT2D eigenvalue weighted by Crippen LogP contribution is 2.26. The summed E-state index contributed by atoms with van der Waals surface area (Å²) < 4.78 is 44.6. The third-order valence-corrected chi connectivity index (χ3v) is 2.98. The number of hydrogen-bond acceptors (Lipinski definition) is 3. The van der Waals surface area contributed by atoms with Crippen molar-refractivity contribution in [3.8, 4) is 0 Å². The number of carbonyl (C=O) groups is 1. The fourth-order valence-electron chi connectivity index (χ4n) is 1.58. The monoisotopic (exact) mass is 310 g/mol. The van der Waals surface area contributed by atoms with Crippen LogP contribution in [0.15, 0.2) is 18.2 Å². The Bertz CT molecular complexity index is 480. The quantitative estimate of drug-likeness (QED) is 0.822. The number of esters is 1. The Hall–Kier alpha value is -1.27. The van der Waals surface area contributed by atoms with Crippen molar-refractivity contribution in [2.75, 3.05) is 6.61 Å². The molecule has 0 aromatic heterocycles. The van der Waals surface area contributed by atoms with Crippen molar-refractivity contribution in [2.24, 2.45) is 0 Å². The average molecular weight is 311 g/mol. The molecule has 1 aromatic carbocycles. The minimum absolute atomic E-state index is 0.0937. The van der Waals surface area contributed by atoms with E-state index in [4.69, 9.17) is 11.6 Å². The van der Waals surface area contributed by atoms with Crippen LogP contribution < -0.4 is 0 Å². The molecule has 0 amide bonds. The van der Waals surface area contributed by atoms with Gasteiger partial charge in [-0.2, -0.15) is 8.78 Å². The third-order valence-electron chi connectivity index (χ3n) is 2.68. The largest absolute Gasteiger partial charge is 0.461 e. The second kappa shape index (κ2) is 6.95. The number of carbonyl (C=O) groups excluding carboxylic acids is 1. The van der Waals surface area contributed by atoms with Crippen molar-refractivity contribution in [3.05, 3.63) is 34.6 Å². The van der Waals surface area contributed by atoms with Gasteiger partial charge in [0.1, 0.15) is 11.9 Å². The first-order valence-electron chi connectivity index (χ1n) is 5.96.